The number of carbonyl (C=O) groups is 5. The molecule has 5 unspecified atom stereocenters. The normalized spacial score (nSPS) is 32.5. The number of amides is 4. The van der Waals surface area contributed by atoms with Gasteiger partial charge in [0, 0.05) is 20.1 Å². The number of nitrogens with one attached hydrogen (secondary N) is 1. The van der Waals surface area contributed by atoms with Crippen molar-refractivity contribution in [2.45, 2.75) is 83.5 Å². The van der Waals surface area contributed by atoms with Gasteiger partial charge in [-0.2, -0.15) is 0 Å². The molecule has 3 saturated heterocycles. The van der Waals surface area contributed by atoms with Gasteiger partial charge < -0.3 is 24.8 Å². The standard InChI is InChI=1S/C23H36N4O6/c1-5-7-16-20(29)24-15(3)21(30)27-13-14(2)12-18(27)23(32)33-11-9-19(28)26-10-6-8-17(26)22(31)25(16)4/h14-18H,5-13H2,1-4H3,(H,24,29). The number of fused-ring (bicyclic) bond motifs is 2. The van der Waals surface area contributed by atoms with Crippen LogP contribution in [0.3, 0.4) is 0 Å². The van der Waals surface area contributed by atoms with E-state index in [4.69, 9.17) is 4.74 Å². The molecule has 184 valence electrons. The van der Waals surface area contributed by atoms with Gasteiger partial charge >= 0.3 is 5.97 Å². The van der Waals surface area contributed by atoms with Crippen LogP contribution in [0.5, 0.6) is 0 Å². The smallest absolute Gasteiger partial charge is 0.328 e. The first-order chi connectivity index (χ1) is 15.6. The van der Waals surface area contributed by atoms with E-state index >= 15 is 0 Å². The lowest BCUT2D eigenvalue weighted by Gasteiger charge is -2.34. The maximum atomic E-state index is 13.3. The fourth-order valence-electron chi connectivity index (χ4n) is 5.10. The maximum absolute atomic E-state index is 13.3. The summed E-state index contributed by atoms with van der Waals surface area (Å²) in [5, 5.41) is 2.75. The van der Waals surface area contributed by atoms with Crippen LogP contribution in [-0.4, -0.2) is 95.2 Å². The van der Waals surface area contributed by atoms with Crippen molar-refractivity contribution in [3.05, 3.63) is 0 Å². The molecule has 1 N–H and O–H groups in total. The molecule has 0 aromatic heterocycles. The maximum Gasteiger partial charge on any atom is 0.328 e. The minimum atomic E-state index is -0.849. The number of nitrogens with zero attached hydrogens (tertiary/aromatic N) is 3. The first kappa shape index (κ1) is 25.0. The molecule has 0 radical (unpaired) electrons. The van der Waals surface area contributed by atoms with E-state index in [-0.39, 0.29) is 36.7 Å². The van der Waals surface area contributed by atoms with Crippen molar-refractivity contribution in [2.24, 2.45) is 5.92 Å². The van der Waals surface area contributed by atoms with Crippen molar-refractivity contribution >= 4 is 29.6 Å². The van der Waals surface area contributed by atoms with Crippen molar-refractivity contribution in [1.29, 1.82) is 0 Å². The third-order valence-electron chi connectivity index (χ3n) is 6.89. The van der Waals surface area contributed by atoms with Gasteiger partial charge in [0.1, 0.15) is 30.8 Å². The van der Waals surface area contributed by atoms with E-state index in [1.54, 1.807) is 14.0 Å². The number of carbonyl (C=O) groups excluding carboxylic acids is 5. The number of esters is 1. The number of cyclic esters (lactones) is 1. The monoisotopic (exact) mass is 464 g/mol. The Bertz CT molecular complexity index is 802. The van der Waals surface area contributed by atoms with E-state index in [2.05, 4.69) is 5.32 Å². The van der Waals surface area contributed by atoms with Gasteiger partial charge in [-0.1, -0.05) is 20.3 Å². The fraction of sp³-hybridized carbons (Fsp3) is 0.783. The highest BCUT2D eigenvalue weighted by atomic mass is 16.5. The van der Waals surface area contributed by atoms with Gasteiger partial charge in [0.15, 0.2) is 0 Å². The summed E-state index contributed by atoms with van der Waals surface area (Å²) in [6.45, 7) is 6.23. The Balaban J connectivity index is 1.90. The number of rotatable bonds is 2. The molecule has 3 rings (SSSR count). The van der Waals surface area contributed by atoms with Gasteiger partial charge in [-0.05, 0) is 38.5 Å². The minimum Gasteiger partial charge on any atom is -0.464 e. The molecular formula is C23H36N4O6. The fourth-order valence-corrected chi connectivity index (χ4v) is 5.10. The van der Waals surface area contributed by atoms with E-state index < -0.39 is 36.0 Å². The lowest BCUT2D eigenvalue weighted by atomic mass is 10.1. The Kier molecular flexibility index (Phi) is 7.97. The zero-order valence-corrected chi connectivity index (χ0v) is 20.0. The highest BCUT2D eigenvalue weighted by Crippen LogP contribution is 2.26. The molecule has 3 fully saturated rings. The van der Waals surface area contributed by atoms with Crippen LogP contribution >= 0.6 is 0 Å². The SMILES string of the molecule is CCCC1C(=O)NC(C)C(=O)N2CC(C)CC2C(=O)OCCC(=O)N2CCCC2C(=O)N1C. The Hall–Kier alpha value is -2.65. The van der Waals surface area contributed by atoms with Crippen LogP contribution in [0, 0.1) is 5.92 Å². The summed E-state index contributed by atoms with van der Waals surface area (Å²) in [6.07, 6.45) is 2.78. The number of likely N-dealkylation sites (N-methyl/N-ethyl adjacent to an activating group) is 1. The van der Waals surface area contributed by atoms with Crippen molar-refractivity contribution in [2.75, 3.05) is 26.7 Å². The Morgan fingerprint density at radius 3 is 2.45 bits per heavy atom. The highest BCUT2D eigenvalue weighted by molar-refractivity contribution is 5.95. The van der Waals surface area contributed by atoms with Gasteiger partial charge in [0.05, 0.1) is 6.42 Å². The summed E-state index contributed by atoms with van der Waals surface area (Å²) in [5.41, 5.74) is 0. The quantitative estimate of drug-likeness (QED) is 0.588. The Labute approximate surface area is 195 Å². The van der Waals surface area contributed by atoms with Crippen LogP contribution in [0.15, 0.2) is 0 Å². The van der Waals surface area contributed by atoms with Crippen LogP contribution in [-0.2, 0) is 28.7 Å². The predicted octanol–water partition coefficient (Wildman–Crippen LogP) is 0.293. The molecule has 4 amide bonds. The van der Waals surface area contributed by atoms with Crippen LogP contribution in [0.1, 0.15) is 59.3 Å². The van der Waals surface area contributed by atoms with E-state index in [9.17, 15) is 24.0 Å². The second kappa shape index (κ2) is 10.5. The van der Waals surface area contributed by atoms with Gasteiger partial charge in [-0.15, -0.1) is 0 Å². The van der Waals surface area contributed by atoms with E-state index in [0.29, 0.717) is 45.2 Å². The average Bonchev–Trinajstić information content (AvgIpc) is 3.42. The van der Waals surface area contributed by atoms with E-state index in [1.165, 1.54) is 14.7 Å². The average molecular weight is 465 g/mol. The molecule has 0 aromatic rings. The molecule has 0 aromatic carbocycles. The van der Waals surface area contributed by atoms with Crippen LogP contribution in [0.2, 0.25) is 0 Å². The summed E-state index contributed by atoms with van der Waals surface area (Å²) in [4.78, 5) is 69.5. The Morgan fingerprint density at radius 1 is 1.03 bits per heavy atom. The van der Waals surface area contributed by atoms with Crippen molar-refractivity contribution in [3.8, 4) is 0 Å². The zero-order chi connectivity index (χ0) is 24.3. The van der Waals surface area contributed by atoms with Gasteiger partial charge in [0.25, 0.3) is 0 Å². The second-order valence-corrected chi connectivity index (χ2v) is 9.49. The third kappa shape index (κ3) is 5.30. The molecule has 0 aliphatic carbocycles. The predicted molar refractivity (Wildman–Crippen MR) is 119 cm³/mol. The number of ether oxygens (including phenoxy) is 1. The molecule has 3 heterocycles. The topological polar surface area (TPSA) is 116 Å². The second-order valence-electron chi connectivity index (χ2n) is 9.49. The summed E-state index contributed by atoms with van der Waals surface area (Å²) < 4.78 is 5.36. The van der Waals surface area contributed by atoms with E-state index in [1.807, 2.05) is 13.8 Å². The van der Waals surface area contributed by atoms with Gasteiger partial charge in [-0.25, -0.2) is 4.79 Å². The van der Waals surface area contributed by atoms with Crippen LogP contribution < -0.4 is 5.32 Å². The molecule has 5 atom stereocenters. The number of hydrogen-bond donors (Lipinski definition) is 1. The minimum absolute atomic E-state index is 0.0231. The molecule has 10 heteroatoms. The molecule has 0 spiro atoms. The lowest BCUT2D eigenvalue weighted by molar-refractivity contribution is -0.156. The summed E-state index contributed by atoms with van der Waals surface area (Å²) in [5.74, 6) is -1.74. The summed E-state index contributed by atoms with van der Waals surface area (Å²) >= 11 is 0. The highest BCUT2D eigenvalue weighted by Gasteiger charge is 2.42. The van der Waals surface area contributed by atoms with Gasteiger partial charge in [-0.3, -0.25) is 19.2 Å². The van der Waals surface area contributed by atoms with Crippen LogP contribution in [0.4, 0.5) is 0 Å². The summed E-state index contributed by atoms with van der Waals surface area (Å²) in [7, 11) is 1.58. The number of hydrogen-bond acceptors (Lipinski definition) is 6. The molecule has 10 nitrogen and oxygen atoms in total. The first-order valence-corrected chi connectivity index (χ1v) is 12.0. The largest absolute Gasteiger partial charge is 0.464 e. The van der Waals surface area contributed by atoms with Crippen molar-refractivity contribution < 1.29 is 28.7 Å². The van der Waals surface area contributed by atoms with Crippen molar-refractivity contribution in [3.63, 3.8) is 0 Å². The molecule has 0 saturated carbocycles. The third-order valence-corrected chi connectivity index (χ3v) is 6.89. The van der Waals surface area contributed by atoms with Crippen molar-refractivity contribution in [1.82, 2.24) is 20.0 Å². The molecule has 3 aliphatic heterocycles. The first-order valence-electron chi connectivity index (χ1n) is 12.0. The lowest BCUT2D eigenvalue weighted by Crippen LogP contribution is -2.57. The van der Waals surface area contributed by atoms with E-state index in [0.717, 1.165) is 0 Å². The molecule has 3 aliphatic rings. The molecular weight excluding hydrogens is 428 g/mol. The zero-order valence-electron chi connectivity index (χ0n) is 20.0. The Morgan fingerprint density at radius 2 is 1.76 bits per heavy atom. The summed E-state index contributed by atoms with van der Waals surface area (Å²) in [6, 6.07) is -2.96. The van der Waals surface area contributed by atoms with Gasteiger partial charge in [0.2, 0.25) is 23.6 Å². The van der Waals surface area contributed by atoms with Crippen LogP contribution in [0.25, 0.3) is 0 Å². The molecule has 0 bridgehead atoms. The molecule has 33 heavy (non-hydrogen) atoms.